The molecule has 3 rings (SSSR count). The van der Waals surface area contributed by atoms with Gasteiger partial charge in [0.25, 0.3) is 11.8 Å². The second-order valence-corrected chi connectivity index (χ2v) is 7.01. The number of hydrogen-bond donors (Lipinski definition) is 2. The van der Waals surface area contributed by atoms with Gasteiger partial charge in [-0.2, -0.15) is 0 Å². The van der Waals surface area contributed by atoms with Gasteiger partial charge in [-0.25, -0.2) is 0 Å². The van der Waals surface area contributed by atoms with E-state index in [-0.39, 0.29) is 24.2 Å². The third-order valence-corrected chi connectivity index (χ3v) is 4.84. The molecule has 1 heterocycles. The summed E-state index contributed by atoms with van der Waals surface area (Å²) in [4.78, 5) is 27.4. The van der Waals surface area contributed by atoms with Crippen LogP contribution in [0.15, 0.2) is 36.4 Å². The first kappa shape index (κ1) is 21.1. The van der Waals surface area contributed by atoms with Crippen molar-refractivity contribution < 1.29 is 9.59 Å². The van der Waals surface area contributed by atoms with Crippen molar-refractivity contribution in [2.24, 2.45) is 0 Å². The smallest absolute Gasteiger partial charge is 0.256 e. The molecule has 2 amide bonds. The number of halogens is 2. The van der Waals surface area contributed by atoms with E-state index in [0.29, 0.717) is 27.5 Å². The highest BCUT2D eigenvalue weighted by Gasteiger charge is 2.22. The zero-order chi connectivity index (χ0) is 18.7. The molecule has 0 aromatic heterocycles. The number of carbonyl (C=O) groups is 2. The molecule has 0 radical (unpaired) electrons. The molecule has 5 nitrogen and oxygen atoms in total. The van der Waals surface area contributed by atoms with Crippen molar-refractivity contribution in [3.05, 3.63) is 58.1 Å². The Morgan fingerprint density at radius 2 is 1.74 bits per heavy atom. The number of anilines is 2. The zero-order valence-electron chi connectivity index (χ0n) is 15.1. The number of aryl methyl sites for hydroxylation is 1. The van der Waals surface area contributed by atoms with E-state index in [0.717, 1.165) is 37.9 Å². The molecule has 1 aliphatic rings. The summed E-state index contributed by atoms with van der Waals surface area (Å²) in [6.45, 7) is 3.32. The SMILES string of the molecule is Cc1ccc(N)cc1C(=O)Nc1cc(Cl)ccc1C(=O)N1CCCCC1.Cl. The van der Waals surface area contributed by atoms with Gasteiger partial charge in [0.2, 0.25) is 0 Å². The summed E-state index contributed by atoms with van der Waals surface area (Å²) in [6, 6.07) is 10.1. The van der Waals surface area contributed by atoms with Crippen LogP contribution in [0.3, 0.4) is 0 Å². The molecule has 2 aromatic carbocycles. The van der Waals surface area contributed by atoms with Crippen LogP contribution in [0, 0.1) is 6.92 Å². The second-order valence-electron chi connectivity index (χ2n) is 6.57. The lowest BCUT2D eigenvalue weighted by molar-refractivity contribution is 0.0725. The van der Waals surface area contributed by atoms with E-state index in [4.69, 9.17) is 17.3 Å². The Hall–Kier alpha value is -2.24. The Morgan fingerprint density at radius 1 is 1.04 bits per heavy atom. The van der Waals surface area contributed by atoms with Crippen LogP contribution in [0.4, 0.5) is 11.4 Å². The van der Waals surface area contributed by atoms with Gasteiger partial charge < -0.3 is 16.0 Å². The van der Waals surface area contributed by atoms with Crippen LogP contribution in [-0.4, -0.2) is 29.8 Å². The molecule has 1 saturated heterocycles. The fourth-order valence-electron chi connectivity index (χ4n) is 3.15. The highest BCUT2D eigenvalue weighted by atomic mass is 35.5. The summed E-state index contributed by atoms with van der Waals surface area (Å²) in [5, 5.41) is 3.29. The van der Waals surface area contributed by atoms with Gasteiger partial charge in [0.15, 0.2) is 0 Å². The largest absolute Gasteiger partial charge is 0.399 e. The van der Waals surface area contributed by atoms with Crippen molar-refractivity contribution >= 4 is 47.2 Å². The quantitative estimate of drug-likeness (QED) is 0.733. The van der Waals surface area contributed by atoms with Crippen molar-refractivity contribution in [1.29, 1.82) is 0 Å². The van der Waals surface area contributed by atoms with Gasteiger partial charge in [-0.15, -0.1) is 12.4 Å². The summed E-state index contributed by atoms with van der Waals surface area (Å²) >= 11 is 6.10. The number of nitrogens with zero attached hydrogens (tertiary/aromatic N) is 1. The Bertz CT molecular complexity index is 849. The average Bonchev–Trinajstić information content (AvgIpc) is 2.64. The van der Waals surface area contributed by atoms with Crippen molar-refractivity contribution in [2.45, 2.75) is 26.2 Å². The van der Waals surface area contributed by atoms with Crippen molar-refractivity contribution in [2.75, 3.05) is 24.1 Å². The first-order chi connectivity index (χ1) is 12.5. The molecule has 0 spiro atoms. The predicted molar refractivity (Wildman–Crippen MR) is 112 cm³/mol. The lowest BCUT2D eigenvalue weighted by atomic mass is 10.1. The van der Waals surface area contributed by atoms with E-state index in [9.17, 15) is 9.59 Å². The van der Waals surface area contributed by atoms with E-state index in [2.05, 4.69) is 5.32 Å². The zero-order valence-corrected chi connectivity index (χ0v) is 16.7. The highest BCUT2D eigenvalue weighted by Crippen LogP contribution is 2.25. The number of nitrogens with one attached hydrogen (secondary N) is 1. The molecule has 2 aromatic rings. The normalized spacial score (nSPS) is 13.6. The minimum Gasteiger partial charge on any atom is -0.399 e. The van der Waals surface area contributed by atoms with Crippen LogP contribution in [0.1, 0.15) is 45.5 Å². The average molecular weight is 408 g/mol. The number of nitrogens with two attached hydrogens (primary N) is 1. The molecule has 0 saturated carbocycles. The van der Waals surface area contributed by atoms with Gasteiger partial charge in [0.1, 0.15) is 0 Å². The fraction of sp³-hybridized carbons (Fsp3) is 0.300. The number of likely N-dealkylation sites (tertiary alicyclic amines) is 1. The standard InChI is InChI=1S/C20H22ClN3O2.ClH/c1-13-5-7-15(22)12-17(13)19(25)23-18-11-14(21)6-8-16(18)20(26)24-9-3-2-4-10-24;/h5-8,11-12H,2-4,9-10,22H2,1H3,(H,23,25);1H. The third-order valence-electron chi connectivity index (χ3n) is 4.61. The van der Waals surface area contributed by atoms with Crippen LogP contribution in [0.2, 0.25) is 5.02 Å². The topological polar surface area (TPSA) is 75.4 Å². The fourth-order valence-corrected chi connectivity index (χ4v) is 3.32. The lowest BCUT2D eigenvalue weighted by Gasteiger charge is -2.27. The third kappa shape index (κ3) is 4.93. The van der Waals surface area contributed by atoms with Gasteiger partial charge in [0, 0.05) is 29.4 Å². The summed E-state index contributed by atoms with van der Waals surface area (Å²) in [6.07, 6.45) is 3.15. The number of piperidine rings is 1. The van der Waals surface area contributed by atoms with E-state index in [1.165, 1.54) is 0 Å². The van der Waals surface area contributed by atoms with Crippen LogP contribution in [-0.2, 0) is 0 Å². The Labute approximate surface area is 170 Å². The van der Waals surface area contributed by atoms with Crippen LogP contribution in [0.25, 0.3) is 0 Å². The maximum Gasteiger partial charge on any atom is 0.256 e. The first-order valence-electron chi connectivity index (χ1n) is 8.72. The van der Waals surface area contributed by atoms with E-state index in [1.54, 1.807) is 36.4 Å². The molecule has 3 N–H and O–H groups in total. The summed E-state index contributed by atoms with van der Waals surface area (Å²) in [5.41, 5.74) is 8.46. The van der Waals surface area contributed by atoms with E-state index in [1.807, 2.05) is 11.8 Å². The maximum absolute atomic E-state index is 12.9. The van der Waals surface area contributed by atoms with Gasteiger partial charge in [0.05, 0.1) is 11.3 Å². The molecule has 0 bridgehead atoms. The molecule has 1 aliphatic heterocycles. The number of amides is 2. The lowest BCUT2D eigenvalue weighted by Crippen LogP contribution is -2.36. The second kappa shape index (κ2) is 9.11. The van der Waals surface area contributed by atoms with Gasteiger partial charge in [-0.1, -0.05) is 17.7 Å². The van der Waals surface area contributed by atoms with Crippen LogP contribution < -0.4 is 11.1 Å². The Kier molecular flexibility index (Phi) is 7.11. The van der Waals surface area contributed by atoms with Crippen molar-refractivity contribution in [1.82, 2.24) is 4.90 Å². The number of nitrogen functional groups attached to an aromatic ring is 1. The van der Waals surface area contributed by atoms with E-state index < -0.39 is 0 Å². The number of carbonyl (C=O) groups excluding carboxylic acids is 2. The Morgan fingerprint density at radius 3 is 2.44 bits per heavy atom. The minimum atomic E-state index is -0.315. The van der Waals surface area contributed by atoms with Crippen LogP contribution >= 0.6 is 24.0 Å². The van der Waals surface area contributed by atoms with Gasteiger partial charge in [-0.05, 0) is 62.1 Å². The minimum absolute atomic E-state index is 0. The van der Waals surface area contributed by atoms with Crippen molar-refractivity contribution in [3.63, 3.8) is 0 Å². The maximum atomic E-state index is 12.9. The number of rotatable bonds is 3. The predicted octanol–water partition coefficient (Wildman–Crippen LogP) is 4.53. The molecular weight excluding hydrogens is 385 g/mol. The first-order valence-corrected chi connectivity index (χ1v) is 9.10. The molecule has 0 atom stereocenters. The van der Waals surface area contributed by atoms with Gasteiger partial charge >= 0.3 is 0 Å². The summed E-state index contributed by atoms with van der Waals surface area (Å²) in [5.74, 6) is -0.397. The molecule has 1 fully saturated rings. The number of hydrogen-bond acceptors (Lipinski definition) is 3. The summed E-state index contributed by atoms with van der Waals surface area (Å²) in [7, 11) is 0. The number of benzene rings is 2. The van der Waals surface area contributed by atoms with Crippen LogP contribution in [0.5, 0.6) is 0 Å². The monoisotopic (exact) mass is 407 g/mol. The molecular formula is C20H23Cl2N3O2. The molecule has 144 valence electrons. The molecule has 27 heavy (non-hydrogen) atoms. The molecule has 0 unspecified atom stereocenters. The molecule has 0 aliphatic carbocycles. The highest BCUT2D eigenvalue weighted by molar-refractivity contribution is 6.31. The van der Waals surface area contributed by atoms with E-state index >= 15 is 0 Å². The molecule has 7 heteroatoms. The van der Waals surface area contributed by atoms with Gasteiger partial charge in [-0.3, -0.25) is 9.59 Å². The van der Waals surface area contributed by atoms with Crippen molar-refractivity contribution in [3.8, 4) is 0 Å². The summed E-state index contributed by atoms with van der Waals surface area (Å²) < 4.78 is 0. The Balaban J connectivity index is 0.00000261.